The minimum atomic E-state index is -0.501. The Kier molecular flexibility index (Phi) is 8.78. The number of carbonyl (C=O) groups is 1. The van der Waals surface area contributed by atoms with Gasteiger partial charge in [-0.15, -0.1) is 0 Å². The number of hydrogen-bond acceptors (Lipinski definition) is 7. The Morgan fingerprint density at radius 1 is 1.02 bits per heavy atom. The number of nitrogens with zero attached hydrogens (tertiary/aromatic N) is 2. The van der Waals surface area contributed by atoms with E-state index in [0.29, 0.717) is 57.8 Å². The van der Waals surface area contributed by atoms with E-state index in [1.807, 2.05) is 13.0 Å². The Labute approximate surface area is 232 Å². The van der Waals surface area contributed by atoms with Crippen LogP contribution in [-0.2, 0) is 4.74 Å². The molecule has 40 heavy (non-hydrogen) atoms. The lowest BCUT2D eigenvalue weighted by Crippen LogP contribution is -2.37. The number of nitrogens with one attached hydrogen (secondary N) is 2. The van der Waals surface area contributed by atoms with Gasteiger partial charge in [-0.2, -0.15) is 0 Å². The summed E-state index contributed by atoms with van der Waals surface area (Å²) in [6, 6.07) is 13.3. The van der Waals surface area contributed by atoms with E-state index in [1.54, 1.807) is 55.8 Å². The standard InChI is InChI=1S/C30H33FN4O5/c1-3-32-30(36)34-21-6-7-22-20(17-21)5-8-26(29(22)31)40-25-9-10-33-24-19-28(27(37-2)18-23(24)25)39-14-4-11-35-12-15-38-16-13-35/h5-10,17-19H,3-4,11-16H2,1-2H3,(H2,32,34,36). The fourth-order valence-corrected chi connectivity index (χ4v) is 4.67. The zero-order valence-corrected chi connectivity index (χ0v) is 22.7. The Hall–Kier alpha value is -4.15. The summed E-state index contributed by atoms with van der Waals surface area (Å²) < 4.78 is 38.6. The van der Waals surface area contributed by atoms with Crippen molar-refractivity contribution in [3.8, 4) is 23.0 Å². The molecule has 1 aliphatic heterocycles. The number of morpholine rings is 1. The molecule has 2 N–H and O–H groups in total. The van der Waals surface area contributed by atoms with Gasteiger partial charge in [-0.3, -0.25) is 9.88 Å². The number of benzene rings is 3. The van der Waals surface area contributed by atoms with Crippen LogP contribution in [0.2, 0.25) is 0 Å². The van der Waals surface area contributed by atoms with E-state index in [4.69, 9.17) is 18.9 Å². The van der Waals surface area contributed by atoms with Crippen molar-refractivity contribution in [2.45, 2.75) is 13.3 Å². The Balaban J connectivity index is 1.33. The van der Waals surface area contributed by atoms with Crippen LogP contribution < -0.4 is 24.8 Å². The molecule has 1 saturated heterocycles. The molecule has 0 radical (unpaired) electrons. The topological polar surface area (TPSA) is 94.2 Å². The number of amides is 2. The molecule has 2 heterocycles. The normalized spacial score (nSPS) is 13.8. The number of hydrogen-bond donors (Lipinski definition) is 2. The highest BCUT2D eigenvalue weighted by Gasteiger charge is 2.16. The first-order chi connectivity index (χ1) is 19.6. The maximum Gasteiger partial charge on any atom is 0.319 e. The van der Waals surface area contributed by atoms with E-state index >= 15 is 4.39 Å². The first kappa shape index (κ1) is 27.4. The molecule has 210 valence electrons. The van der Waals surface area contributed by atoms with Gasteiger partial charge in [0.05, 0.1) is 32.4 Å². The van der Waals surface area contributed by atoms with Crippen molar-refractivity contribution in [1.29, 1.82) is 0 Å². The molecule has 0 spiro atoms. The first-order valence-corrected chi connectivity index (χ1v) is 13.4. The van der Waals surface area contributed by atoms with E-state index < -0.39 is 5.82 Å². The highest BCUT2D eigenvalue weighted by atomic mass is 19.1. The molecule has 1 aromatic heterocycles. The molecule has 2 amide bonds. The van der Waals surface area contributed by atoms with Crippen molar-refractivity contribution in [1.82, 2.24) is 15.2 Å². The average Bonchev–Trinajstić information content (AvgIpc) is 2.97. The summed E-state index contributed by atoms with van der Waals surface area (Å²) in [6.45, 7) is 7.26. The molecule has 0 bridgehead atoms. The van der Waals surface area contributed by atoms with Crippen LogP contribution in [0.25, 0.3) is 21.7 Å². The number of rotatable bonds is 10. The zero-order chi connectivity index (χ0) is 27.9. The number of carbonyl (C=O) groups excluding carboxylic acids is 1. The monoisotopic (exact) mass is 548 g/mol. The highest BCUT2D eigenvalue weighted by molar-refractivity contribution is 5.94. The smallest absolute Gasteiger partial charge is 0.319 e. The number of ether oxygens (including phenoxy) is 4. The van der Waals surface area contributed by atoms with Gasteiger partial charge in [0, 0.05) is 54.9 Å². The van der Waals surface area contributed by atoms with Crippen molar-refractivity contribution < 1.29 is 28.1 Å². The van der Waals surface area contributed by atoms with E-state index in [2.05, 4.69) is 20.5 Å². The lowest BCUT2D eigenvalue weighted by atomic mass is 10.1. The number of urea groups is 1. The fraction of sp³-hybridized carbons (Fsp3) is 0.333. The number of halogens is 1. The van der Waals surface area contributed by atoms with Crippen LogP contribution in [0, 0.1) is 5.82 Å². The Bertz CT molecular complexity index is 1490. The summed E-state index contributed by atoms with van der Waals surface area (Å²) >= 11 is 0. The Morgan fingerprint density at radius 3 is 2.67 bits per heavy atom. The molecule has 1 aliphatic rings. The van der Waals surface area contributed by atoms with Crippen molar-refractivity contribution in [2.75, 3.05) is 58.4 Å². The predicted octanol–water partition coefficient (Wildman–Crippen LogP) is 5.57. The third-order valence-electron chi connectivity index (χ3n) is 6.70. The van der Waals surface area contributed by atoms with Gasteiger partial charge in [0.2, 0.25) is 0 Å². The summed E-state index contributed by atoms with van der Waals surface area (Å²) in [5.41, 5.74) is 1.21. The highest BCUT2D eigenvalue weighted by Crippen LogP contribution is 2.38. The van der Waals surface area contributed by atoms with E-state index in [9.17, 15) is 4.79 Å². The molecule has 0 saturated carbocycles. The molecule has 0 unspecified atom stereocenters. The van der Waals surface area contributed by atoms with Gasteiger partial charge >= 0.3 is 6.03 Å². The summed E-state index contributed by atoms with van der Waals surface area (Å²) in [5.74, 6) is 1.15. The number of fused-ring (bicyclic) bond motifs is 2. The van der Waals surface area contributed by atoms with Crippen LogP contribution in [0.4, 0.5) is 14.9 Å². The van der Waals surface area contributed by atoms with Crippen LogP contribution in [0.1, 0.15) is 13.3 Å². The molecule has 5 rings (SSSR count). The number of pyridine rings is 1. The van der Waals surface area contributed by atoms with E-state index in [0.717, 1.165) is 39.3 Å². The van der Waals surface area contributed by atoms with Crippen molar-refractivity contribution >= 4 is 33.4 Å². The van der Waals surface area contributed by atoms with Crippen molar-refractivity contribution in [3.63, 3.8) is 0 Å². The number of aromatic nitrogens is 1. The average molecular weight is 549 g/mol. The molecular weight excluding hydrogens is 515 g/mol. The minimum absolute atomic E-state index is 0.0758. The van der Waals surface area contributed by atoms with Crippen LogP contribution in [0.3, 0.4) is 0 Å². The van der Waals surface area contributed by atoms with Crippen LogP contribution >= 0.6 is 0 Å². The second kappa shape index (κ2) is 12.8. The quantitative estimate of drug-likeness (QED) is 0.250. The summed E-state index contributed by atoms with van der Waals surface area (Å²) in [6.07, 6.45) is 2.49. The maximum atomic E-state index is 15.5. The van der Waals surface area contributed by atoms with Gasteiger partial charge in [-0.1, -0.05) is 6.07 Å². The van der Waals surface area contributed by atoms with Crippen LogP contribution in [0.5, 0.6) is 23.0 Å². The van der Waals surface area contributed by atoms with Gasteiger partial charge in [-0.05, 0) is 55.1 Å². The number of methoxy groups -OCH3 is 1. The minimum Gasteiger partial charge on any atom is -0.493 e. The summed E-state index contributed by atoms with van der Waals surface area (Å²) in [7, 11) is 1.58. The molecule has 9 nitrogen and oxygen atoms in total. The van der Waals surface area contributed by atoms with Crippen LogP contribution in [-0.4, -0.2) is 69.0 Å². The molecule has 4 aromatic rings. The van der Waals surface area contributed by atoms with Crippen molar-refractivity contribution in [3.05, 3.63) is 60.5 Å². The zero-order valence-electron chi connectivity index (χ0n) is 22.7. The van der Waals surface area contributed by atoms with Gasteiger partial charge in [-0.25, -0.2) is 9.18 Å². The van der Waals surface area contributed by atoms with Crippen LogP contribution in [0.15, 0.2) is 54.7 Å². The third-order valence-corrected chi connectivity index (χ3v) is 6.70. The lowest BCUT2D eigenvalue weighted by molar-refractivity contribution is 0.0357. The second-order valence-electron chi connectivity index (χ2n) is 9.39. The summed E-state index contributed by atoms with van der Waals surface area (Å²) in [4.78, 5) is 18.7. The SMILES string of the molecule is CCNC(=O)Nc1ccc2c(F)c(Oc3ccnc4cc(OCCCN5CCOCC5)c(OC)cc34)ccc2c1. The maximum absolute atomic E-state index is 15.5. The molecule has 3 aromatic carbocycles. The Morgan fingerprint density at radius 2 is 1.88 bits per heavy atom. The van der Waals surface area contributed by atoms with Gasteiger partial charge in [0.15, 0.2) is 23.1 Å². The van der Waals surface area contributed by atoms with Gasteiger partial charge in [0.25, 0.3) is 0 Å². The molecular formula is C30H33FN4O5. The van der Waals surface area contributed by atoms with E-state index in [1.165, 1.54) is 0 Å². The largest absolute Gasteiger partial charge is 0.493 e. The second-order valence-corrected chi connectivity index (χ2v) is 9.39. The molecule has 10 heteroatoms. The lowest BCUT2D eigenvalue weighted by Gasteiger charge is -2.26. The molecule has 1 fully saturated rings. The van der Waals surface area contributed by atoms with Gasteiger partial charge < -0.3 is 29.6 Å². The first-order valence-electron chi connectivity index (χ1n) is 13.4. The van der Waals surface area contributed by atoms with E-state index in [-0.39, 0.29) is 11.8 Å². The molecule has 0 aliphatic carbocycles. The third kappa shape index (κ3) is 6.35. The number of anilines is 1. The molecule has 0 atom stereocenters. The van der Waals surface area contributed by atoms with Crippen molar-refractivity contribution in [2.24, 2.45) is 0 Å². The van der Waals surface area contributed by atoms with Gasteiger partial charge in [0.1, 0.15) is 5.75 Å². The fourth-order valence-electron chi connectivity index (χ4n) is 4.67. The predicted molar refractivity (Wildman–Crippen MR) is 152 cm³/mol. The summed E-state index contributed by atoms with van der Waals surface area (Å²) in [5, 5.41) is 7.09.